The second kappa shape index (κ2) is 20.0. The van der Waals surface area contributed by atoms with Crippen LogP contribution in [0.4, 0.5) is 0 Å². The van der Waals surface area contributed by atoms with Gasteiger partial charge in [0.15, 0.2) is 0 Å². The molecule has 301 valence electrons. The molecule has 1 aliphatic rings. The van der Waals surface area contributed by atoms with Crippen LogP contribution in [0, 0.1) is 5.92 Å². The molecule has 1 radical (unpaired) electrons. The largest absolute Gasteiger partial charge is 0.456 e. The molecule has 0 amide bonds. The maximum absolute atomic E-state index is 6.13. The van der Waals surface area contributed by atoms with Gasteiger partial charge in [0, 0.05) is 66.2 Å². The van der Waals surface area contributed by atoms with Gasteiger partial charge in [-0.25, -0.2) is 0 Å². The molecule has 1 saturated carbocycles. The molecule has 1 aliphatic carbocycles. The Morgan fingerprint density at radius 1 is 0.483 bits per heavy atom. The number of nitrogens with zero attached hydrogens (tertiary/aromatic N) is 3. The van der Waals surface area contributed by atoms with Crippen molar-refractivity contribution >= 4 is 35.2 Å². The van der Waals surface area contributed by atoms with Gasteiger partial charge in [-0.2, -0.15) is 0 Å². The summed E-state index contributed by atoms with van der Waals surface area (Å²) in [6, 6.07) is 58.6. The number of aromatic nitrogens is 3. The van der Waals surface area contributed by atoms with Crippen molar-refractivity contribution in [1.29, 1.82) is 0 Å². The third-order valence-electron chi connectivity index (χ3n) is 11.1. The average molecular weight is 978 g/mol. The molecular weight excluding hydrogens is 927 g/mol. The van der Waals surface area contributed by atoms with E-state index in [-0.39, 0.29) is 20.1 Å². The Bertz CT molecular complexity index is 2670. The van der Waals surface area contributed by atoms with E-state index in [0.717, 1.165) is 56.1 Å². The molecule has 4 aromatic heterocycles. The molecule has 10 rings (SSSR count). The summed E-state index contributed by atoms with van der Waals surface area (Å²) >= 11 is 0. The molecular formula is C54H51IrN3OSi. The fourth-order valence-electron chi connectivity index (χ4n) is 7.81. The maximum Gasteiger partial charge on any atom is 0.135 e. The van der Waals surface area contributed by atoms with Gasteiger partial charge in [0.25, 0.3) is 0 Å². The van der Waals surface area contributed by atoms with Crippen molar-refractivity contribution in [2.24, 2.45) is 5.92 Å². The molecule has 4 nitrogen and oxygen atoms in total. The summed E-state index contributed by atoms with van der Waals surface area (Å²) in [4.78, 5) is 13.5. The van der Waals surface area contributed by atoms with E-state index < -0.39 is 8.07 Å². The average Bonchev–Trinajstić information content (AvgIpc) is 3.95. The van der Waals surface area contributed by atoms with Crippen LogP contribution in [0.1, 0.15) is 31.2 Å². The standard InChI is InChI=1S/C29H25NO.C14H17NSi.C11H9N.Ir/c1-2-8-22(9-3-1)23-10-12-28-25(18-23)26-19-24(11-13-29(26)31-28)27-17-21(14-15-30-27)16-20-6-4-5-7-20;1-16(2,3)13-9-10-14(15-11-13)12-7-5-4-6-8-12;1-2-6-10(7-3-1)11-8-4-5-9-12-11;/h1-3,8-15,17-20H,4-7,16H2;4-11H,1-3H3;1-9H;. The van der Waals surface area contributed by atoms with E-state index in [1.54, 1.807) is 0 Å². The van der Waals surface area contributed by atoms with Gasteiger partial charge in [-0.1, -0.05) is 155 Å². The molecule has 0 atom stereocenters. The van der Waals surface area contributed by atoms with Gasteiger partial charge in [-0.15, -0.1) is 0 Å². The Morgan fingerprint density at radius 3 is 1.60 bits per heavy atom. The van der Waals surface area contributed by atoms with Crippen molar-refractivity contribution in [3.8, 4) is 44.9 Å². The van der Waals surface area contributed by atoms with E-state index in [4.69, 9.17) is 4.42 Å². The third kappa shape index (κ3) is 10.7. The molecule has 9 aromatic rings. The Morgan fingerprint density at radius 2 is 1.03 bits per heavy atom. The van der Waals surface area contributed by atoms with Crippen LogP contribution in [0.5, 0.6) is 0 Å². The molecule has 6 heteroatoms. The zero-order valence-electron chi connectivity index (χ0n) is 34.6. The molecule has 4 heterocycles. The Labute approximate surface area is 369 Å². The van der Waals surface area contributed by atoms with Crippen LogP contribution in [-0.2, 0) is 26.5 Å². The van der Waals surface area contributed by atoms with Crippen LogP contribution >= 0.6 is 0 Å². The zero-order chi connectivity index (χ0) is 40.4. The van der Waals surface area contributed by atoms with Gasteiger partial charge in [0.05, 0.1) is 25.2 Å². The normalized spacial score (nSPS) is 12.5. The Balaban J connectivity index is 0.000000157. The fraction of sp³-hybridized carbons (Fsp3) is 0.167. The van der Waals surface area contributed by atoms with Crippen LogP contribution in [-0.4, -0.2) is 23.0 Å². The molecule has 5 aromatic carbocycles. The summed E-state index contributed by atoms with van der Waals surface area (Å²) in [6.07, 6.45) is 12.5. The summed E-state index contributed by atoms with van der Waals surface area (Å²) in [6.45, 7) is 7.02. The van der Waals surface area contributed by atoms with Gasteiger partial charge >= 0.3 is 0 Å². The van der Waals surface area contributed by atoms with Crippen molar-refractivity contribution < 1.29 is 24.5 Å². The summed E-state index contributed by atoms with van der Waals surface area (Å²) in [5, 5.41) is 3.71. The van der Waals surface area contributed by atoms with Gasteiger partial charge in [0.1, 0.15) is 11.2 Å². The molecule has 0 unspecified atom stereocenters. The second-order valence-corrected chi connectivity index (χ2v) is 21.5. The quantitative estimate of drug-likeness (QED) is 0.149. The predicted molar refractivity (Wildman–Crippen MR) is 250 cm³/mol. The van der Waals surface area contributed by atoms with E-state index >= 15 is 0 Å². The zero-order valence-corrected chi connectivity index (χ0v) is 38.0. The number of rotatable bonds is 7. The Hall–Kier alpha value is -5.78. The van der Waals surface area contributed by atoms with Crippen molar-refractivity contribution in [3.05, 3.63) is 194 Å². The van der Waals surface area contributed by atoms with E-state index in [1.807, 2.05) is 73.2 Å². The van der Waals surface area contributed by atoms with Crippen LogP contribution in [0.25, 0.3) is 66.8 Å². The van der Waals surface area contributed by atoms with Crippen LogP contribution in [0.3, 0.4) is 0 Å². The Kier molecular flexibility index (Phi) is 14.1. The SMILES string of the molecule is C[Si](C)(C)c1ccc(-c2ccccc2)nc1.[Ir].c1ccc(-c2ccc3oc4ccc(-c5cc(CC6CCCC6)ccn5)cc4c3c2)cc1.c1ccc(-c2ccccn2)cc1. The van der Waals surface area contributed by atoms with Crippen LogP contribution < -0.4 is 5.19 Å². The number of furan rings is 1. The summed E-state index contributed by atoms with van der Waals surface area (Å²) in [5.41, 5.74) is 12.3. The first kappa shape index (κ1) is 42.3. The number of hydrogen-bond donors (Lipinski definition) is 0. The molecule has 0 bridgehead atoms. The number of pyridine rings is 3. The van der Waals surface area contributed by atoms with Crippen molar-refractivity contribution in [3.63, 3.8) is 0 Å². The molecule has 60 heavy (non-hydrogen) atoms. The summed E-state index contributed by atoms with van der Waals surface area (Å²) < 4.78 is 6.13. The topological polar surface area (TPSA) is 51.8 Å². The first-order valence-electron chi connectivity index (χ1n) is 20.8. The molecule has 0 aliphatic heterocycles. The van der Waals surface area contributed by atoms with E-state index in [0.29, 0.717) is 0 Å². The first-order valence-corrected chi connectivity index (χ1v) is 24.3. The van der Waals surface area contributed by atoms with E-state index in [2.05, 4.69) is 150 Å². The number of fused-ring (bicyclic) bond motifs is 3. The van der Waals surface area contributed by atoms with Crippen molar-refractivity contribution in [2.75, 3.05) is 0 Å². The molecule has 0 N–H and O–H groups in total. The van der Waals surface area contributed by atoms with Gasteiger partial charge in [0.2, 0.25) is 0 Å². The maximum atomic E-state index is 6.13. The minimum absolute atomic E-state index is 0. The van der Waals surface area contributed by atoms with Crippen molar-refractivity contribution in [2.45, 2.75) is 51.7 Å². The minimum Gasteiger partial charge on any atom is -0.456 e. The van der Waals surface area contributed by atoms with Crippen molar-refractivity contribution in [1.82, 2.24) is 15.0 Å². The van der Waals surface area contributed by atoms with Gasteiger partial charge in [-0.3, -0.25) is 15.0 Å². The molecule has 1 fully saturated rings. The van der Waals surface area contributed by atoms with Crippen LogP contribution in [0.2, 0.25) is 19.6 Å². The van der Waals surface area contributed by atoms with Gasteiger partial charge < -0.3 is 4.42 Å². The minimum atomic E-state index is -1.22. The fourth-order valence-corrected chi connectivity index (χ4v) is 8.85. The summed E-state index contributed by atoms with van der Waals surface area (Å²) in [5.74, 6) is 0.840. The van der Waals surface area contributed by atoms with Crippen LogP contribution in [0.15, 0.2) is 193 Å². The molecule has 0 spiro atoms. The van der Waals surface area contributed by atoms with E-state index in [1.165, 1.54) is 59.5 Å². The smallest absolute Gasteiger partial charge is 0.135 e. The number of hydrogen-bond acceptors (Lipinski definition) is 4. The summed E-state index contributed by atoms with van der Waals surface area (Å²) in [7, 11) is -1.22. The third-order valence-corrected chi connectivity index (χ3v) is 13.2. The molecule has 0 saturated heterocycles. The monoisotopic (exact) mass is 978 g/mol. The number of benzene rings is 5. The predicted octanol–water partition coefficient (Wildman–Crippen LogP) is 14.1. The van der Waals surface area contributed by atoms with E-state index in [9.17, 15) is 0 Å². The van der Waals surface area contributed by atoms with Gasteiger partial charge in [-0.05, 0) is 94.9 Å². The first-order chi connectivity index (χ1) is 28.9. The second-order valence-electron chi connectivity index (χ2n) is 16.4.